The lowest BCUT2D eigenvalue weighted by Gasteiger charge is -2.32. The molecule has 0 radical (unpaired) electrons. The van der Waals surface area contributed by atoms with Gasteiger partial charge >= 0.3 is 0 Å². The number of nitrogens with two attached hydrogens (primary N) is 1. The van der Waals surface area contributed by atoms with Crippen molar-refractivity contribution in [3.8, 4) is 0 Å². The molecule has 2 N–H and O–H groups in total. The average Bonchev–Trinajstić information content (AvgIpc) is 2.83. The maximum absolute atomic E-state index is 12.5. The van der Waals surface area contributed by atoms with Gasteiger partial charge in [-0.15, -0.1) is 0 Å². The van der Waals surface area contributed by atoms with Crippen molar-refractivity contribution in [2.75, 3.05) is 11.4 Å². The Bertz CT molecular complexity index is 621. The number of para-hydroxylation sites is 1. The molecule has 0 fully saturated rings. The van der Waals surface area contributed by atoms with E-state index in [1.54, 1.807) is 17.9 Å². The first kappa shape index (κ1) is 11.9. The van der Waals surface area contributed by atoms with Crippen LogP contribution in [0.5, 0.6) is 0 Å². The predicted octanol–water partition coefficient (Wildman–Crippen LogP) is 1.51. The van der Waals surface area contributed by atoms with Crippen molar-refractivity contribution >= 4 is 11.6 Å². The maximum atomic E-state index is 12.5. The van der Waals surface area contributed by atoms with Crippen LogP contribution in [0.15, 0.2) is 34.9 Å². The first-order valence-electron chi connectivity index (χ1n) is 6.24. The van der Waals surface area contributed by atoms with Crippen LogP contribution >= 0.6 is 0 Å². The smallest absolute Gasteiger partial charge is 0.296 e. The number of amides is 1. The van der Waals surface area contributed by atoms with Crippen molar-refractivity contribution in [3.05, 3.63) is 47.3 Å². The summed E-state index contributed by atoms with van der Waals surface area (Å²) < 4.78 is 5.05. The largest absolute Gasteiger partial charge is 0.351 e. The van der Waals surface area contributed by atoms with Crippen molar-refractivity contribution in [2.24, 2.45) is 5.73 Å². The van der Waals surface area contributed by atoms with Crippen LogP contribution in [0.25, 0.3) is 0 Å². The van der Waals surface area contributed by atoms with Crippen molar-refractivity contribution in [1.29, 1.82) is 0 Å². The number of carbonyl (C=O) groups is 1. The highest BCUT2D eigenvalue weighted by Gasteiger charge is 2.29. The molecule has 2 aromatic rings. The second kappa shape index (κ2) is 4.51. The highest BCUT2D eigenvalue weighted by atomic mass is 16.5. The molecule has 1 aromatic heterocycles. The molecular formula is C14H15N3O2. The molecule has 1 aliphatic heterocycles. The molecule has 0 bridgehead atoms. The normalized spacial score (nSPS) is 18.2. The van der Waals surface area contributed by atoms with Crippen LogP contribution in [0.1, 0.15) is 21.8 Å². The van der Waals surface area contributed by atoms with Crippen LogP contribution in [0.4, 0.5) is 5.69 Å². The quantitative estimate of drug-likeness (QED) is 0.840. The van der Waals surface area contributed by atoms with E-state index in [-0.39, 0.29) is 17.7 Å². The summed E-state index contributed by atoms with van der Waals surface area (Å²) in [6.07, 6.45) is 0.787. The van der Waals surface area contributed by atoms with Crippen molar-refractivity contribution in [1.82, 2.24) is 5.16 Å². The molecule has 5 nitrogen and oxygen atoms in total. The number of carbonyl (C=O) groups excluding carboxylic acids is 1. The fourth-order valence-corrected chi connectivity index (χ4v) is 2.42. The summed E-state index contributed by atoms with van der Waals surface area (Å²) in [5.74, 6) is 0.0598. The molecule has 98 valence electrons. The second-order valence-electron chi connectivity index (χ2n) is 4.84. The van der Waals surface area contributed by atoms with Crippen LogP contribution < -0.4 is 10.6 Å². The van der Waals surface area contributed by atoms with Crippen LogP contribution in [0, 0.1) is 6.92 Å². The summed E-state index contributed by atoms with van der Waals surface area (Å²) in [5, 5.41) is 3.75. The van der Waals surface area contributed by atoms with Crippen molar-refractivity contribution < 1.29 is 9.32 Å². The number of rotatable bonds is 1. The van der Waals surface area contributed by atoms with Gasteiger partial charge in [0, 0.05) is 24.3 Å². The van der Waals surface area contributed by atoms with E-state index in [0.717, 1.165) is 17.7 Å². The zero-order valence-electron chi connectivity index (χ0n) is 10.7. The number of fused-ring (bicyclic) bond motifs is 1. The van der Waals surface area contributed by atoms with Crippen molar-refractivity contribution in [3.63, 3.8) is 0 Å². The zero-order valence-corrected chi connectivity index (χ0v) is 10.7. The van der Waals surface area contributed by atoms with E-state index in [9.17, 15) is 4.79 Å². The van der Waals surface area contributed by atoms with E-state index in [4.69, 9.17) is 10.3 Å². The molecule has 3 rings (SSSR count). The summed E-state index contributed by atoms with van der Waals surface area (Å²) >= 11 is 0. The number of aromatic nitrogens is 1. The lowest BCUT2D eigenvalue weighted by molar-refractivity contribution is 0.0947. The molecule has 0 saturated carbocycles. The summed E-state index contributed by atoms with van der Waals surface area (Å²) in [6, 6.07) is 9.40. The number of nitrogens with zero attached hydrogens (tertiary/aromatic N) is 2. The van der Waals surface area contributed by atoms with Crippen LogP contribution in [0.2, 0.25) is 0 Å². The van der Waals surface area contributed by atoms with Gasteiger partial charge in [0.2, 0.25) is 5.76 Å². The lowest BCUT2D eigenvalue weighted by Crippen LogP contribution is -2.46. The molecular weight excluding hydrogens is 242 g/mol. The summed E-state index contributed by atoms with van der Waals surface area (Å²) in [7, 11) is 0. The molecule has 1 amide bonds. The van der Waals surface area contributed by atoms with Gasteiger partial charge in [-0.2, -0.15) is 0 Å². The minimum absolute atomic E-state index is 0.0529. The highest BCUT2D eigenvalue weighted by molar-refractivity contribution is 6.05. The monoisotopic (exact) mass is 257 g/mol. The SMILES string of the molecule is Cc1cc(C(=O)N2CC(N)Cc3ccccc32)on1. The zero-order chi connectivity index (χ0) is 13.4. The Morgan fingerprint density at radius 1 is 1.47 bits per heavy atom. The number of benzene rings is 1. The molecule has 2 heterocycles. The van der Waals surface area contributed by atoms with Gasteiger partial charge in [0.15, 0.2) is 0 Å². The third kappa shape index (κ3) is 2.13. The molecule has 19 heavy (non-hydrogen) atoms. The average molecular weight is 257 g/mol. The standard InChI is InChI=1S/C14H15N3O2/c1-9-6-13(19-16-9)14(18)17-8-11(15)7-10-4-2-3-5-12(10)17/h2-6,11H,7-8,15H2,1H3. The molecule has 0 saturated heterocycles. The first-order chi connectivity index (χ1) is 9.15. The van der Waals surface area contributed by atoms with Gasteiger partial charge in [-0.3, -0.25) is 4.79 Å². The van der Waals surface area contributed by atoms with Crippen LogP contribution in [0.3, 0.4) is 0 Å². The third-order valence-electron chi connectivity index (χ3n) is 3.27. The topological polar surface area (TPSA) is 72.4 Å². The van der Waals surface area contributed by atoms with Gasteiger partial charge in [0.25, 0.3) is 5.91 Å². The number of hydrogen-bond donors (Lipinski definition) is 1. The van der Waals surface area contributed by atoms with E-state index in [2.05, 4.69) is 5.16 Å². The lowest BCUT2D eigenvalue weighted by atomic mass is 9.98. The minimum atomic E-state index is -0.191. The Morgan fingerprint density at radius 2 is 2.26 bits per heavy atom. The number of aryl methyl sites for hydroxylation is 1. The highest BCUT2D eigenvalue weighted by Crippen LogP contribution is 2.27. The molecule has 1 aromatic carbocycles. The molecule has 0 aliphatic carbocycles. The first-order valence-corrected chi connectivity index (χ1v) is 6.24. The van der Waals surface area contributed by atoms with Gasteiger partial charge in [-0.1, -0.05) is 23.4 Å². The Hall–Kier alpha value is -2.14. The fourth-order valence-electron chi connectivity index (χ4n) is 2.42. The van der Waals surface area contributed by atoms with E-state index < -0.39 is 0 Å². The van der Waals surface area contributed by atoms with Gasteiger partial charge in [0.05, 0.1) is 5.69 Å². The number of anilines is 1. The molecule has 1 atom stereocenters. The Morgan fingerprint density at radius 3 is 3.00 bits per heavy atom. The van der Waals surface area contributed by atoms with E-state index >= 15 is 0 Å². The third-order valence-corrected chi connectivity index (χ3v) is 3.27. The number of hydrogen-bond acceptors (Lipinski definition) is 4. The Labute approximate surface area is 111 Å². The maximum Gasteiger partial charge on any atom is 0.296 e. The van der Waals surface area contributed by atoms with Crippen molar-refractivity contribution in [2.45, 2.75) is 19.4 Å². The Balaban J connectivity index is 1.99. The molecule has 1 unspecified atom stereocenters. The Kier molecular flexibility index (Phi) is 2.83. The van der Waals surface area contributed by atoms with Gasteiger partial charge in [-0.05, 0) is 25.0 Å². The summed E-state index contributed by atoms with van der Waals surface area (Å²) in [4.78, 5) is 14.1. The fraction of sp³-hybridized carbons (Fsp3) is 0.286. The molecule has 1 aliphatic rings. The second-order valence-corrected chi connectivity index (χ2v) is 4.84. The molecule has 0 spiro atoms. The minimum Gasteiger partial charge on any atom is -0.351 e. The summed E-state index contributed by atoms with van der Waals surface area (Å²) in [6.45, 7) is 2.28. The van der Waals surface area contributed by atoms with Crippen LogP contribution in [-0.2, 0) is 6.42 Å². The van der Waals surface area contributed by atoms with Gasteiger partial charge in [0.1, 0.15) is 0 Å². The molecule has 5 heteroatoms. The predicted molar refractivity (Wildman–Crippen MR) is 71.0 cm³/mol. The van der Waals surface area contributed by atoms with E-state index in [1.165, 1.54) is 0 Å². The van der Waals surface area contributed by atoms with Gasteiger partial charge < -0.3 is 15.2 Å². The van der Waals surface area contributed by atoms with E-state index in [1.807, 2.05) is 24.3 Å². The van der Waals surface area contributed by atoms with Gasteiger partial charge in [-0.25, -0.2) is 0 Å². The van der Waals surface area contributed by atoms with E-state index in [0.29, 0.717) is 12.2 Å². The van der Waals surface area contributed by atoms with Crippen LogP contribution in [-0.4, -0.2) is 23.7 Å². The summed E-state index contributed by atoms with van der Waals surface area (Å²) in [5.41, 5.74) is 8.71.